The van der Waals surface area contributed by atoms with Crippen molar-refractivity contribution in [1.29, 1.82) is 0 Å². The van der Waals surface area contributed by atoms with Crippen LogP contribution < -0.4 is 5.73 Å². The lowest BCUT2D eigenvalue weighted by Crippen LogP contribution is -1.85. The van der Waals surface area contributed by atoms with Gasteiger partial charge in [0.15, 0.2) is 5.82 Å². The second-order valence-electron chi connectivity index (χ2n) is 1.48. The van der Waals surface area contributed by atoms with Crippen LogP contribution in [0.4, 0.5) is 0 Å². The first kappa shape index (κ1) is 5.74. The number of nitrogens with zero attached hydrogens (tertiary/aromatic N) is 3. The third-order valence-electron chi connectivity index (χ3n) is 0.836. The molecule has 0 unspecified atom stereocenters. The Labute approximate surface area is 51.9 Å². The Bertz CT molecular complexity index is 177. The van der Waals surface area contributed by atoms with Crippen LogP contribution in [0.25, 0.3) is 0 Å². The fourth-order valence-corrected chi connectivity index (χ4v) is 0.445. The lowest BCUT2D eigenvalue weighted by atomic mass is 10.4. The van der Waals surface area contributed by atoms with E-state index in [1.165, 1.54) is 6.20 Å². The minimum absolute atomic E-state index is 0.656. The molecule has 0 aromatic carbocycles. The van der Waals surface area contributed by atoms with Gasteiger partial charge in [-0.1, -0.05) is 6.08 Å². The molecule has 5 heteroatoms. The second kappa shape index (κ2) is 2.81. The summed E-state index contributed by atoms with van der Waals surface area (Å²) < 4.78 is 0. The van der Waals surface area contributed by atoms with Gasteiger partial charge in [-0.25, -0.2) is 5.10 Å². The van der Waals surface area contributed by atoms with Crippen molar-refractivity contribution in [2.24, 2.45) is 5.73 Å². The van der Waals surface area contributed by atoms with Gasteiger partial charge < -0.3 is 5.73 Å². The monoisotopic (exact) mass is 125 g/mol. The first-order valence-electron chi connectivity index (χ1n) is 2.53. The zero-order valence-electron chi connectivity index (χ0n) is 4.78. The normalized spacial score (nSPS) is 10.7. The SMILES string of the molecule is NC=CCc1nnn[nH]1. The lowest BCUT2D eigenvalue weighted by molar-refractivity contribution is 0.881. The highest BCUT2D eigenvalue weighted by molar-refractivity contribution is 4.89. The van der Waals surface area contributed by atoms with E-state index in [1.807, 2.05) is 0 Å². The number of H-pyrrole nitrogens is 1. The number of aromatic nitrogens is 4. The van der Waals surface area contributed by atoms with Gasteiger partial charge in [-0.05, 0) is 16.6 Å². The van der Waals surface area contributed by atoms with Crippen LogP contribution >= 0.6 is 0 Å². The van der Waals surface area contributed by atoms with E-state index in [0.717, 1.165) is 5.82 Å². The highest BCUT2D eigenvalue weighted by atomic mass is 15.5. The number of rotatable bonds is 2. The van der Waals surface area contributed by atoms with Crippen molar-refractivity contribution in [2.75, 3.05) is 0 Å². The highest BCUT2D eigenvalue weighted by Gasteiger charge is 1.89. The molecule has 0 aliphatic carbocycles. The first-order chi connectivity index (χ1) is 4.43. The van der Waals surface area contributed by atoms with Crippen molar-refractivity contribution in [3.63, 3.8) is 0 Å². The molecule has 0 fully saturated rings. The van der Waals surface area contributed by atoms with Gasteiger partial charge in [-0.15, -0.1) is 5.10 Å². The van der Waals surface area contributed by atoms with E-state index in [9.17, 15) is 0 Å². The highest BCUT2D eigenvalue weighted by Crippen LogP contribution is 1.84. The number of tetrazole rings is 1. The zero-order valence-corrected chi connectivity index (χ0v) is 4.78. The van der Waals surface area contributed by atoms with E-state index in [0.29, 0.717) is 6.42 Å². The molecule has 0 spiro atoms. The molecule has 0 saturated heterocycles. The summed E-state index contributed by atoms with van der Waals surface area (Å²) >= 11 is 0. The molecule has 0 bridgehead atoms. The number of nitrogens with two attached hydrogens (primary N) is 1. The largest absolute Gasteiger partial charge is 0.405 e. The Morgan fingerprint density at radius 2 is 2.56 bits per heavy atom. The third kappa shape index (κ3) is 1.52. The van der Waals surface area contributed by atoms with Crippen LogP contribution in [0.5, 0.6) is 0 Å². The van der Waals surface area contributed by atoms with Crippen LogP contribution in [-0.2, 0) is 6.42 Å². The molecule has 1 aromatic heterocycles. The van der Waals surface area contributed by atoms with E-state index >= 15 is 0 Å². The average molecular weight is 125 g/mol. The molecular formula is C4H7N5. The van der Waals surface area contributed by atoms with E-state index in [4.69, 9.17) is 5.73 Å². The summed E-state index contributed by atoms with van der Waals surface area (Å²) in [5.74, 6) is 0.719. The summed E-state index contributed by atoms with van der Waals surface area (Å²) in [5, 5.41) is 13.0. The van der Waals surface area contributed by atoms with Crippen LogP contribution in [0.2, 0.25) is 0 Å². The van der Waals surface area contributed by atoms with Crippen molar-refractivity contribution >= 4 is 0 Å². The summed E-state index contributed by atoms with van der Waals surface area (Å²) in [6.45, 7) is 0. The van der Waals surface area contributed by atoms with Gasteiger partial charge in [0.25, 0.3) is 0 Å². The third-order valence-corrected chi connectivity index (χ3v) is 0.836. The average Bonchev–Trinajstić information content (AvgIpc) is 2.34. The number of aromatic amines is 1. The topological polar surface area (TPSA) is 80.5 Å². The van der Waals surface area contributed by atoms with Gasteiger partial charge in [-0.3, -0.25) is 0 Å². The molecule has 1 aromatic rings. The smallest absolute Gasteiger partial charge is 0.152 e. The Morgan fingerprint density at radius 1 is 1.67 bits per heavy atom. The zero-order chi connectivity index (χ0) is 6.53. The fraction of sp³-hybridized carbons (Fsp3) is 0.250. The predicted octanol–water partition coefficient (Wildman–Crippen LogP) is -0.785. The lowest BCUT2D eigenvalue weighted by Gasteiger charge is -1.80. The standard InChI is InChI=1S/C4H7N5/c5-3-1-2-4-6-8-9-7-4/h1,3H,2,5H2,(H,6,7,8,9). The summed E-state index contributed by atoms with van der Waals surface area (Å²) in [5.41, 5.74) is 5.08. The molecule has 3 N–H and O–H groups in total. The van der Waals surface area contributed by atoms with E-state index < -0.39 is 0 Å². The van der Waals surface area contributed by atoms with Crippen LogP contribution in [0.15, 0.2) is 12.3 Å². The number of hydrogen-bond acceptors (Lipinski definition) is 4. The number of nitrogens with one attached hydrogen (secondary N) is 1. The summed E-state index contributed by atoms with van der Waals surface area (Å²) in [4.78, 5) is 0. The Balaban J connectivity index is 2.48. The van der Waals surface area contributed by atoms with Crippen LogP contribution in [0, 0.1) is 0 Å². The molecule has 0 atom stereocenters. The molecule has 1 heterocycles. The van der Waals surface area contributed by atoms with Crippen LogP contribution in [0.1, 0.15) is 5.82 Å². The quantitative estimate of drug-likeness (QED) is 0.543. The Kier molecular flexibility index (Phi) is 1.79. The van der Waals surface area contributed by atoms with Gasteiger partial charge in [0.2, 0.25) is 0 Å². The van der Waals surface area contributed by atoms with Gasteiger partial charge in [-0.2, -0.15) is 0 Å². The first-order valence-corrected chi connectivity index (χ1v) is 2.53. The molecule has 1 rings (SSSR count). The minimum atomic E-state index is 0.656. The molecule has 0 aliphatic heterocycles. The fourth-order valence-electron chi connectivity index (χ4n) is 0.445. The maximum Gasteiger partial charge on any atom is 0.152 e. The maximum absolute atomic E-state index is 5.08. The number of hydrogen-bond donors (Lipinski definition) is 2. The van der Waals surface area contributed by atoms with Crippen molar-refractivity contribution in [3.8, 4) is 0 Å². The van der Waals surface area contributed by atoms with Gasteiger partial charge in [0.05, 0.1) is 0 Å². The van der Waals surface area contributed by atoms with Crippen molar-refractivity contribution in [3.05, 3.63) is 18.1 Å². The maximum atomic E-state index is 5.08. The van der Waals surface area contributed by atoms with Gasteiger partial charge in [0, 0.05) is 6.42 Å². The van der Waals surface area contributed by atoms with Crippen LogP contribution in [0.3, 0.4) is 0 Å². The second-order valence-corrected chi connectivity index (χ2v) is 1.48. The minimum Gasteiger partial charge on any atom is -0.405 e. The molecule has 0 saturated carbocycles. The summed E-state index contributed by atoms with van der Waals surface area (Å²) in [6, 6.07) is 0. The molecule has 48 valence electrons. The van der Waals surface area contributed by atoms with Gasteiger partial charge in [0.1, 0.15) is 0 Å². The van der Waals surface area contributed by atoms with Crippen molar-refractivity contribution in [2.45, 2.75) is 6.42 Å². The molecule has 0 radical (unpaired) electrons. The van der Waals surface area contributed by atoms with E-state index in [2.05, 4.69) is 20.6 Å². The van der Waals surface area contributed by atoms with Crippen LogP contribution in [-0.4, -0.2) is 20.6 Å². The van der Waals surface area contributed by atoms with E-state index in [-0.39, 0.29) is 0 Å². The van der Waals surface area contributed by atoms with Crippen molar-refractivity contribution in [1.82, 2.24) is 20.6 Å². The summed E-state index contributed by atoms with van der Waals surface area (Å²) in [7, 11) is 0. The molecule has 9 heavy (non-hydrogen) atoms. The Hall–Kier alpha value is -1.39. The molecular weight excluding hydrogens is 118 g/mol. The van der Waals surface area contributed by atoms with Crippen molar-refractivity contribution < 1.29 is 0 Å². The predicted molar refractivity (Wildman–Crippen MR) is 31.2 cm³/mol. The number of allylic oxidation sites excluding steroid dienone is 1. The molecule has 5 nitrogen and oxygen atoms in total. The van der Waals surface area contributed by atoms with Gasteiger partial charge >= 0.3 is 0 Å². The molecule has 0 amide bonds. The van der Waals surface area contributed by atoms with E-state index in [1.54, 1.807) is 6.08 Å². The summed E-state index contributed by atoms with van der Waals surface area (Å²) in [6.07, 6.45) is 3.88. The Morgan fingerprint density at radius 3 is 3.11 bits per heavy atom. The molecule has 0 aliphatic rings.